The Morgan fingerprint density at radius 2 is 2.18 bits per heavy atom. The van der Waals surface area contributed by atoms with Crippen LogP contribution < -0.4 is 4.74 Å². The number of ether oxygens (including phenoxy) is 1. The molecular formula is C12H16N2O2S. The normalized spacial score (nSPS) is 14.5. The van der Waals surface area contributed by atoms with Crippen molar-refractivity contribution in [2.45, 2.75) is 23.8 Å². The fourth-order valence-corrected chi connectivity index (χ4v) is 2.14. The van der Waals surface area contributed by atoms with Crippen LogP contribution in [-0.2, 0) is 0 Å². The van der Waals surface area contributed by atoms with Crippen LogP contribution in [0.1, 0.15) is 23.2 Å². The molecule has 17 heavy (non-hydrogen) atoms. The zero-order chi connectivity index (χ0) is 12.4. The molecule has 1 aromatic rings. The largest absolute Gasteiger partial charge is 0.488 e. The summed E-state index contributed by atoms with van der Waals surface area (Å²) in [6, 6.07) is 0. The zero-order valence-corrected chi connectivity index (χ0v) is 11.1. The quantitative estimate of drug-likeness (QED) is 0.769. The van der Waals surface area contributed by atoms with E-state index in [2.05, 4.69) is 4.98 Å². The van der Waals surface area contributed by atoms with E-state index in [1.165, 1.54) is 11.8 Å². The van der Waals surface area contributed by atoms with Crippen LogP contribution in [0.4, 0.5) is 0 Å². The monoisotopic (exact) mass is 252 g/mol. The number of aromatic nitrogens is 1. The van der Waals surface area contributed by atoms with Gasteiger partial charge in [-0.2, -0.15) is 0 Å². The van der Waals surface area contributed by atoms with E-state index >= 15 is 0 Å². The van der Waals surface area contributed by atoms with Crippen LogP contribution in [0, 0.1) is 0 Å². The van der Waals surface area contributed by atoms with E-state index in [-0.39, 0.29) is 5.91 Å². The van der Waals surface area contributed by atoms with Crippen molar-refractivity contribution >= 4 is 17.7 Å². The molecule has 0 N–H and O–H groups in total. The maximum atomic E-state index is 12.0. The van der Waals surface area contributed by atoms with Crippen molar-refractivity contribution < 1.29 is 9.53 Å². The molecule has 0 bridgehead atoms. The van der Waals surface area contributed by atoms with Crippen molar-refractivity contribution in [1.29, 1.82) is 0 Å². The Morgan fingerprint density at radius 3 is 2.71 bits per heavy atom. The van der Waals surface area contributed by atoms with Crippen LogP contribution in [0.25, 0.3) is 0 Å². The molecule has 5 heteroatoms. The average molecular weight is 252 g/mol. The van der Waals surface area contributed by atoms with Crippen molar-refractivity contribution in [2.75, 3.05) is 20.4 Å². The number of amides is 1. The van der Waals surface area contributed by atoms with E-state index < -0.39 is 0 Å². The number of hydrogen-bond acceptors (Lipinski definition) is 4. The highest BCUT2D eigenvalue weighted by molar-refractivity contribution is 7.98. The fraction of sp³-hybridized carbons (Fsp3) is 0.500. The number of pyridine rings is 1. The topological polar surface area (TPSA) is 42.4 Å². The number of rotatable bonds is 4. The molecule has 0 saturated heterocycles. The predicted octanol–water partition coefficient (Wildman–Crippen LogP) is 2.05. The zero-order valence-electron chi connectivity index (χ0n) is 10.3. The third-order valence-electron chi connectivity index (χ3n) is 2.52. The molecule has 1 aliphatic rings. The van der Waals surface area contributed by atoms with Crippen LogP contribution >= 0.6 is 11.8 Å². The molecule has 0 aromatic carbocycles. The van der Waals surface area contributed by atoms with Gasteiger partial charge in [0.2, 0.25) is 0 Å². The second-order valence-corrected chi connectivity index (χ2v) is 5.05. The molecule has 1 amide bonds. The SMILES string of the molecule is CSc1c(OC2CC2)cncc1C(=O)N(C)C. The van der Waals surface area contributed by atoms with Gasteiger partial charge in [-0.05, 0) is 19.1 Å². The Morgan fingerprint density at radius 1 is 1.47 bits per heavy atom. The second-order valence-electron chi connectivity index (χ2n) is 4.24. The van der Waals surface area contributed by atoms with Gasteiger partial charge >= 0.3 is 0 Å². The first-order valence-corrected chi connectivity index (χ1v) is 6.76. The summed E-state index contributed by atoms with van der Waals surface area (Å²) >= 11 is 1.53. The van der Waals surface area contributed by atoms with Gasteiger partial charge in [0, 0.05) is 20.3 Å². The Kier molecular flexibility index (Phi) is 3.57. The highest BCUT2D eigenvalue weighted by Crippen LogP contribution is 2.35. The molecule has 1 heterocycles. The minimum atomic E-state index is -0.0388. The van der Waals surface area contributed by atoms with E-state index in [9.17, 15) is 4.79 Å². The van der Waals surface area contributed by atoms with Crippen molar-refractivity contribution in [1.82, 2.24) is 9.88 Å². The lowest BCUT2D eigenvalue weighted by molar-refractivity contribution is 0.0822. The van der Waals surface area contributed by atoms with Crippen molar-refractivity contribution in [3.63, 3.8) is 0 Å². The van der Waals surface area contributed by atoms with Gasteiger partial charge in [-0.1, -0.05) is 0 Å². The smallest absolute Gasteiger partial charge is 0.256 e. The van der Waals surface area contributed by atoms with E-state index in [0.29, 0.717) is 11.7 Å². The lowest BCUT2D eigenvalue weighted by Gasteiger charge is -2.15. The molecule has 0 aliphatic heterocycles. The average Bonchev–Trinajstić information content (AvgIpc) is 3.11. The highest BCUT2D eigenvalue weighted by atomic mass is 32.2. The first-order valence-electron chi connectivity index (χ1n) is 5.53. The third-order valence-corrected chi connectivity index (χ3v) is 3.35. The minimum absolute atomic E-state index is 0.0388. The Labute approximate surface area is 105 Å². The second kappa shape index (κ2) is 4.96. The minimum Gasteiger partial charge on any atom is -0.488 e. The van der Waals surface area contributed by atoms with Gasteiger partial charge in [0.25, 0.3) is 5.91 Å². The van der Waals surface area contributed by atoms with Gasteiger partial charge in [-0.25, -0.2) is 0 Å². The van der Waals surface area contributed by atoms with Crippen LogP contribution in [0.3, 0.4) is 0 Å². The van der Waals surface area contributed by atoms with Gasteiger partial charge in [0.05, 0.1) is 22.8 Å². The molecule has 0 atom stereocenters. The number of hydrogen-bond donors (Lipinski definition) is 0. The van der Waals surface area contributed by atoms with Crippen LogP contribution in [0.15, 0.2) is 17.3 Å². The number of carbonyl (C=O) groups is 1. The molecule has 1 fully saturated rings. The number of thioether (sulfide) groups is 1. The van der Waals surface area contributed by atoms with Gasteiger partial charge < -0.3 is 9.64 Å². The first-order chi connectivity index (χ1) is 8.13. The summed E-state index contributed by atoms with van der Waals surface area (Å²) in [6.45, 7) is 0. The summed E-state index contributed by atoms with van der Waals surface area (Å²) in [5.41, 5.74) is 0.612. The van der Waals surface area contributed by atoms with E-state index in [0.717, 1.165) is 23.5 Å². The van der Waals surface area contributed by atoms with Crippen molar-refractivity contribution in [3.8, 4) is 5.75 Å². The molecule has 1 aromatic heterocycles. The molecule has 1 aliphatic carbocycles. The van der Waals surface area contributed by atoms with E-state index in [4.69, 9.17) is 4.74 Å². The molecule has 0 spiro atoms. The van der Waals surface area contributed by atoms with Crippen LogP contribution in [0.5, 0.6) is 5.75 Å². The molecule has 2 rings (SSSR count). The summed E-state index contributed by atoms with van der Waals surface area (Å²) < 4.78 is 5.76. The third kappa shape index (κ3) is 2.72. The summed E-state index contributed by atoms with van der Waals surface area (Å²) in [5, 5.41) is 0. The Hall–Kier alpha value is -1.23. The van der Waals surface area contributed by atoms with Gasteiger partial charge in [0.1, 0.15) is 0 Å². The lowest BCUT2D eigenvalue weighted by Crippen LogP contribution is -2.22. The van der Waals surface area contributed by atoms with Gasteiger partial charge in [-0.3, -0.25) is 9.78 Å². The first kappa shape index (κ1) is 12.2. The Balaban J connectivity index is 2.33. The van der Waals surface area contributed by atoms with E-state index in [1.807, 2.05) is 6.26 Å². The van der Waals surface area contributed by atoms with Gasteiger partial charge in [-0.15, -0.1) is 11.8 Å². The summed E-state index contributed by atoms with van der Waals surface area (Å²) in [5.74, 6) is 0.691. The maximum absolute atomic E-state index is 12.0. The molecule has 92 valence electrons. The standard InChI is InChI=1S/C12H16N2O2S/c1-14(2)12(15)9-6-13-7-10(11(9)17-3)16-8-4-5-8/h6-8H,4-5H2,1-3H3. The summed E-state index contributed by atoms with van der Waals surface area (Å²) in [4.78, 5) is 18.5. The van der Waals surface area contributed by atoms with Crippen LogP contribution in [-0.4, -0.2) is 42.2 Å². The molecule has 1 saturated carbocycles. The van der Waals surface area contributed by atoms with E-state index in [1.54, 1.807) is 31.4 Å². The highest BCUT2D eigenvalue weighted by Gasteiger charge is 2.26. The lowest BCUT2D eigenvalue weighted by atomic mass is 10.2. The number of carbonyl (C=O) groups excluding carboxylic acids is 1. The number of nitrogens with zero attached hydrogens (tertiary/aromatic N) is 2. The fourth-order valence-electron chi connectivity index (χ4n) is 1.48. The summed E-state index contributed by atoms with van der Waals surface area (Å²) in [6.07, 6.45) is 7.75. The van der Waals surface area contributed by atoms with Gasteiger partial charge in [0.15, 0.2) is 5.75 Å². The van der Waals surface area contributed by atoms with Crippen molar-refractivity contribution in [2.24, 2.45) is 0 Å². The maximum Gasteiger partial charge on any atom is 0.256 e. The molecular weight excluding hydrogens is 236 g/mol. The molecule has 0 unspecified atom stereocenters. The van der Waals surface area contributed by atoms with Crippen molar-refractivity contribution in [3.05, 3.63) is 18.0 Å². The molecule has 4 nitrogen and oxygen atoms in total. The predicted molar refractivity (Wildman–Crippen MR) is 67.7 cm³/mol. The Bertz CT molecular complexity index is 431. The van der Waals surface area contributed by atoms with Crippen LogP contribution in [0.2, 0.25) is 0 Å². The summed E-state index contributed by atoms with van der Waals surface area (Å²) in [7, 11) is 3.47. The molecule has 0 radical (unpaired) electrons.